The van der Waals surface area contributed by atoms with Crippen molar-refractivity contribution in [2.75, 3.05) is 11.5 Å². The first kappa shape index (κ1) is 27.1. The molecular formula is C30H26ClN3O6. The van der Waals surface area contributed by atoms with Crippen molar-refractivity contribution < 1.29 is 28.7 Å². The number of rotatable bonds is 6. The van der Waals surface area contributed by atoms with Gasteiger partial charge in [0.2, 0.25) is 11.8 Å². The monoisotopic (exact) mass is 559 g/mol. The highest BCUT2D eigenvalue weighted by Crippen LogP contribution is 2.45. The van der Waals surface area contributed by atoms with Crippen LogP contribution in [-0.4, -0.2) is 36.2 Å². The Morgan fingerprint density at radius 2 is 1.55 bits per heavy atom. The van der Waals surface area contributed by atoms with E-state index in [1.54, 1.807) is 12.1 Å². The third-order valence-corrected chi connectivity index (χ3v) is 7.54. The van der Waals surface area contributed by atoms with Crippen molar-refractivity contribution in [3.05, 3.63) is 101 Å². The Labute approximate surface area is 235 Å². The molecule has 204 valence electrons. The number of imide groups is 1. The number of hydrogen-bond donors (Lipinski definition) is 2. The molecule has 9 nitrogen and oxygen atoms in total. The van der Waals surface area contributed by atoms with Crippen LogP contribution in [0.3, 0.4) is 0 Å². The molecule has 0 aromatic heterocycles. The highest BCUT2D eigenvalue weighted by molar-refractivity contribution is 6.30. The molecule has 4 amide bonds. The molecule has 40 heavy (non-hydrogen) atoms. The van der Waals surface area contributed by atoms with E-state index in [9.17, 15) is 24.0 Å². The maximum atomic E-state index is 13.4. The summed E-state index contributed by atoms with van der Waals surface area (Å²) in [5.74, 6) is -3.25. The van der Waals surface area contributed by atoms with Crippen molar-refractivity contribution in [2.24, 2.45) is 11.8 Å². The van der Waals surface area contributed by atoms with E-state index in [-0.39, 0.29) is 40.5 Å². The van der Waals surface area contributed by atoms with Gasteiger partial charge in [-0.3, -0.25) is 34.9 Å². The van der Waals surface area contributed by atoms with E-state index in [1.165, 1.54) is 41.3 Å². The smallest absolute Gasteiger partial charge is 0.338 e. The van der Waals surface area contributed by atoms with Crippen LogP contribution < -0.4 is 15.8 Å². The minimum atomic E-state index is -0.818. The van der Waals surface area contributed by atoms with Gasteiger partial charge in [0.05, 0.1) is 23.1 Å². The molecule has 1 aliphatic carbocycles. The summed E-state index contributed by atoms with van der Waals surface area (Å²) in [6.45, 7) is -0.656. The van der Waals surface area contributed by atoms with Crippen molar-refractivity contribution in [3.63, 3.8) is 0 Å². The second kappa shape index (κ2) is 11.7. The van der Waals surface area contributed by atoms with E-state index in [2.05, 4.69) is 10.9 Å². The average molecular weight is 560 g/mol. The predicted molar refractivity (Wildman–Crippen MR) is 146 cm³/mol. The van der Waals surface area contributed by atoms with Gasteiger partial charge in [-0.1, -0.05) is 48.0 Å². The molecule has 0 radical (unpaired) electrons. The van der Waals surface area contributed by atoms with Crippen molar-refractivity contribution in [3.8, 4) is 0 Å². The van der Waals surface area contributed by atoms with Crippen LogP contribution >= 0.6 is 11.6 Å². The van der Waals surface area contributed by atoms with Crippen LogP contribution in [0.25, 0.3) is 0 Å². The molecule has 1 heterocycles. The molecule has 1 saturated carbocycles. The number of carbonyl (C=O) groups excluding carboxylic acids is 5. The fourth-order valence-corrected chi connectivity index (χ4v) is 5.41. The third kappa shape index (κ3) is 5.74. The molecule has 2 N–H and O–H groups in total. The van der Waals surface area contributed by atoms with Crippen LogP contribution in [0.5, 0.6) is 0 Å². The van der Waals surface area contributed by atoms with Gasteiger partial charge in [-0.2, -0.15) is 0 Å². The van der Waals surface area contributed by atoms with Gasteiger partial charge in [-0.25, -0.2) is 4.79 Å². The summed E-state index contributed by atoms with van der Waals surface area (Å²) in [5.41, 5.74) is 6.19. The number of carbonyl (C=O) groups is 5. The first-order valence-electron chi connectivity index (χ1n) is 12.9. The number of nitrogens with one attached hydrogen (secondary N) is 2. The minimum Gasteiger partial charge on any atom is -0.452 e. The summed E-state index contributed by atoms with van der Waals surface area (Å²) in [6, 6.07) is 22.1. The number of hydrazine groups is 1. The number of anilines is 1. The number of amides is 4. The summed E-state index contributed by atoms with van der Waals surface area (Å²) in [6.07, 6.45) is 2.05. The molecule has 3 aromatic rings. The van der Waals surface area contributed by atoms with E-state index in [4.69, 9.17) is 16.3 Å². The molecule has 1 aliphatic heterocycles. The molecule has 0 bridgehead atoms. The van der Waals surface area contributed by atoms with Gasteiger partial charge in [0, 0.05) is 10.6 Å². The zero-order valence-electron chi connectivity index (χ0n) is 21.3. The Morgan fingerprint density at radius 1 is 0.825 bits per heavy atom. The summed E-state index contributed by atoms with van der Waals surface area (Å²) in [4.78, 5) is 64.6. The number of esters is 1. The molecule has 5 rings (SSSR count). The van der Waals surface area contributed by atoms with Crippen molar-refractivity contribution in [2.45, 2.75) is 25.2 Å². The van der Waals surface area contributed by atoms with Crippen molar-refractivity contribution in [1.82, 2.24) is 10.9 Å². The normalized spacial score (nSPS) is 20.0. The fourth-order valence-electron chi connectivity index (χ4n) is 5.28. The zero-order chi connectivity index (χ0) is 28.2. The molecule has 0 spiro atoms. The Hall–Kier alpha value is -4.50. The predicted octanol–water partition coefficient (Wildman–Crippen LogP) is 4.03. The summed E-state index contributed by atoms with van der Waals surface area (Å²) in [5, 5.41) is 0.463. The summed E-state index contributed by atoms with van der Waals surface area (Å²) < 4.78 is 5.06. The number of hydrogen-bond acceptors (Lipinski definition) is 6. The van der Waals surface area contributed by atoms with Crippen LogP contribution in [0.4, 0.5) is 5.69 Å². The average Bonchev–Trinajstić information content (AvgIpc) is 3.24. The Balaban J connectivity index is 1.18. The second-order valence-electron chi connectivity index (χ2n) is 9.78. The molecular weight excluding hydrogens is 534 g/mol. The number of nitrogens with zero attached hydrogens (tertiary/aromatic N) is 1. The van der Waals surface area contributed by atoms with Gasteiger partial charge in [0.25, 0.3) is 11.8 Å². The van der Waals surface area contributed by atoms with E-state index >= 15 is 0 Å². The van der Waals surface area contributed by atoms with Crippen LogP contribution in [-0.2, 0) is 19.1 Å². The molecule has 3 aromatic carbocycles. The molecule has 1 saturated heterocycles. The van der Waals surface area contributed by atoms with Crippen LogP contribution in [0, 0.1) is 11.8 Å². The molecule has 10 heteroatoms. The lowest BCUT2D eigenvalue weighted by Gasteiger charge is -2.28. The molecule has 2 fully saturated rings. The van der Waals surface area contributed by atoms with E-state index in [0.717, 1.165) is 12.0 Å². The first-order valence-corrected chi connectivity index (χ1v) is 13.2. The lowest BCUT2D eigenvalue weighted by atomic mass is 9.73. The number of fused-ring (bicyclic) bond motifs is 1. The zero-order valence-corrected chi connectivity index (χ0v) is 22.1. The number of halogens is 1. The molecule has 3 atom stereocenters. The van der Waals surface area contributed by atoms with Gasteiger partial charge in [0.15, 0.2) is 6.61 Å². The minimum absolute atomic E-state index is 0.0770. The first-order chi connectivity index (χ1) is 19.3. The maximum absolute atomic E-state index is 13.4. The molecule has 0 unspecified atom stereocenters. The highest BCUT2D eigenvalue weighted by Gasteiger charge is 2.50. The molecule has 2 aliphatic rings. The topological polar surface area (TPSA) is 122 Å². The highest BCUT2D eigenvalue weighted by atomic mass is 35.5. The summed E-state index contributed by atoms with van der Waals surface area (Å²) in [7, 11) is 0. The van der Waals surface area contributed by atoms with Gasteiger partial charge < -0.3 is 4.74 Å². The standard InChI is InChI=1S/C30H26ClN3O6/c31-22-12-9-19(10-13-22)27(36)33-32-26(35)17-40-30(39)21-7-4-8-23(15-21)34-28(37)24-14-11-20(16-25(24)29(34)38)18-5-2-1-3-6-18/h1-10,12-13,15,20,24-25H,11,14,16-17H2,(H,32,35)(H,33,36)/t20-,24-,25-/m1/s1. The van der Waals surface area contributed by atoms with Gasteiger partial charge in [-0.15, -0.1) is 0 Å². The van der Waals surface area contributed by atoms with Gasteiger partial charge in [-0.05, 0) is 73.2 Å². The Bertz CT molecular complexity index is 1460. The largest absolute Gasteiger partial charge is 0.452 e. The number of benzene rings is 3. The third-order valence-electron chi connectivity index (χ3n) is 7.29. The lowest BCUT2D eigenvalue weighted by molar-refractivity contribution is -0.125. The van der Waals surface area contributed by atoms with Gasteiger partial charge in [0.1, 0.15) is 0 Å². The van der Waals surface area contributed by atoms with E-state index in [0.29, 0.717) is 17.9 Å². The fraction of sp³-hybridized carbons (Fsp3) is 0.233. The SMILES string of the molecule is O=C(COC(=O)c1cccc(N2C(=O)[C@@H]3CC[C@@H](c4ccccc4)C[C@H]3C2=O)c1)NNC(=O)c1ccc(Cl)cc1. The van der Waals surface area contributed by atoms with Crippen LogP contribution in [0.2, 0.25) is 5.02 Å². The maximum Gasteiger partial charge on any atom is 0.338 e. The summed E-state index contributed by atoms with van der Waals surface area (Å²) >= 11 is 5.80. The van der Waals surface area contributed by atoms with E-state index in [1.807, 2.05) is 30.3 Å². The van der Waals surface area contributed by atoms with Crippen LogP contribution in [0.15, 0.2) is 78.9 Å². The lowest BCUT2D eigenvalue weighted by Crippen LogP contribution is -2.43. The second-order valence-corrected chi connectivity index (χ2v) is 10.2. The van der Waals surface area contributed by atoms with Crippen molar-refractivity contribution in [1.29, 1.82) is 0 Å². The van der Waals surface area contributed by atoms with E-state index < -0.39 is 30.3 Å². The number of ether oxygens (including phenoxy) is 1. The quantitative estimate of drug-likeness (QED) is 0.267. The van der Waals surface area contributed by atoms with Gasteiger partial charge >= 0.3 is 5.97 Å². The Morgan fingerprint density at radius 3 is 2.30 bits per heavy atom. The van der Waals surface area contributed by atoms with Crippen molar-refractivity contribution >= 4 is 46.9 Å². The Kier molecular flexibility index (Phi) is 7.93. The van der Waals surface area contributed by atoms with Crippen LogP contribution in [0.1, 0.15) is 51.5 Å².